The smallest absolute Gasteiger partial charge is 0.108 e. The van der Waals surface area contributed by atoms with Crippen LogP contribution >= 0.6 is 12.6 Å². The summed E-state index contributed by atoms with van der Waals surface area (Å²) in [7, 11) is 0. The molecule has 3 heteroatoms. The van der Waals surface area contributed by atoms with E-state index in [1.54, 1.807) is 0 Å². The summed E-state index contributed by atoms with van der Waals surface area (Å²) in [6.07, 6.45) is 10.5. The molecule has 84 valence electrons. The molecule has 1 fully saturated rings. The first-order valence-corrected chi connectivity index (χ1v) is 6.54. The zero-order valence-corrected chi connectivity index (χ0v) is 10.3. The predicted octanol–water partition coefficient (Wildman–Crippen LogP) is 2.94. The minimum atomic E-state index is 0.438. The normalized spacial score (nSPS) is 19.6. The van der Waals surface area contributed by atoms with Crippen LogP contribution in [-0.2, 0) is 13.0 Å². The van der Waals surface area contributed by atoms with E-state index in [1.165, 1.54) is 31.5 Å². The van der Waals surface area contributed by atoms with Gasteiger partial charge in [0.2, 0.25) is 0 Å². The Bertz CT molecular complexity index is 313. The molecule has 15 heavy (non-hydrogen) atoms. The van der Waals surface area contributed by atoms with Gasteiger partial charge >= 0.3 is 0 Å². The molecule has 1 heterocycles. The van der Waals surface area contributed by atoms with E-state index < -0.39 is 0 Å². The lowest BCUT2D eigenvalue weighted by Gasteiger charge is -2.28. The second-order valence-electron chi connectivity index (χ2n) is 4.69. The van der Waals surface area contributed by atoms with E-state index in [0.29, 0.717) is 5.41 Å². The van der Waals surface area contributed by atoms with Crippen molar-refractivity contribution in [3.63, 3.8) is 0 Å². The van der Waals surface area contributed by atoms with Gasteiger partial charge in [-0.1, -0.05) is 19.8 Å². The number of nitrogens with zero attached hydrogens (tertiary/aromatic N) is 2. The van der Waals surface area contributed by atoms with Crippen LogP contribution in [0, 0.1) is 5.41 Å². The standard InChI is InChI=1S/C12H20N2S/c1-2-11-13-7-8-14(11)9-12(10-15)5-3-4-6-12/h7-8,15H,2-6,9-10H2,1H3. The van der Waals surface area contributed by atoms with E-state index in [0.717, 1.165) is 18.7 Å². The van der Waals surface area contributed by atoms with Crippen LogP contribution in [0.1, 0.15) is 38.4 Å². The molecule has 1 aromatic heterocycles. The quantitative estimate of drug-likeness (QED) is 0.779. The molecule has 1 aliphatic rings. The highest BCUT2D eigenvalue weighted by atomic mass is 32.1. The highest BCUT2D eigenvalue weighted by molar-refractivity contribution is 7.80. The zero-order valence-electron chi connectivity index (χ0n) is 9.45. The van der Waals surface area contributed by atoms with Gasteiger partial charge in [0, 0.05) is 25.4 Å². The second kappa shape index (κ2) is 4.60. The third-order valence-corrected chi connectivity index (χ3v) is 4.29. The molecule has 0 bridgehead atoms. The van der Waals surface area contributed by atoms with E-state index >= 15 is 0 Å². The lowest BCUT2D eigenvalue weighted by Crippen LogP contribution is -2.26. The molecule has 2 nitrogen and oxygen atoms in total. The van der Waals surface area contributed by atoms with Gasteiger partial charge in [-0.2, -0.15) is 12.6 Å². The summed E-state index contributed by atoms with van der Waals surface area (Å²) >= 11 is 4.54. The Labute approximate surface area is 97.5 Å². The topological polar surface area (TPSA) is 17.8 Å². The maximum Gasteiger partial charge on any atom is 0.108 e. The second-order valence-corrected chi connectivity index (χ2v) is 5.01. The predicted molar refractivity (Wildman–Crippen MR) is 66.4 cm³/mol. The van der Waals surface area contributed by atoms with Crippen LogP contribution in [0.25, 0.3) is 0 Å². The number of thiol groups is 1. The van der Waals surface area contributed by atoms with Gasteiger partial charge in [0.05, 0.1) is 0 Å². The summed E-state index contributed by atoms with van der Waals surface area (Å²) in [6, 6.07) is 0. The fourth-order valence-electron chi connectivity index (χ4n) is 2.65. The number of hydrogen-bond donors (Lipinski definition) is 1. The van der Waals surface area contributed by atoms with Crippen LogP contribution in [0.15, 0.2) is 12.4 Å². The van der Waals surface area contributed by atoms with Crippen molar-refractivity contribution in [2.24, 2.45) is 5.41 Å². The summed E-state index contributed by atoms with van der Waals surface area (Å²) in [6.45, 7) is 3.28. The number of aromatic nitrogens is 2. The number of aryl methyl sites for hydroxylation is 1. The monoisotopic (exact) mass is 224 g/mol. The van der Waals surface area contributed by atoms with Crippen LogP contribution in [0.4, 0.5) is 0 Å². The first-order chi connectivity index (χ1) is 7.29. The maximum atomic E-state index is 4.54. The third-order valence-electron chi connectivity index (χ3n) is 3.62. The van der Waals surface area contributed by atoms with Crippen molar-refractivity contribution < 1.29 is 0 Å². The van der Waals surface area contributed by atoms with Gasteiger partial charge in [-0.25, -0.2) is 4.98 Å². The number of rotatable bonds is 4. The molecule has 0 unspecified atom stereocenters. The Kier molecular flexibility index (Phi) is 3.39. The third kappa shape index (κ3) is 2.22. The fourth-order valence-corrected chi connectivity index (χ4v) is 3.07. The van der Waals surface area contributed by atoms with E-state index in [2.05, 4.69) is 35.3 Å². The Morgan fingerprint density at radius 3 is 2.80 bits per heavy atom. The van der Waals surface area contributed by atoms with Gasteiger partial charge in [-0.05, 0) is 24.0 Å². The molecule has 0 saturated heterocycles. The van der Waals surface area contributed by atoms with Crippen LogP contribution in [-0.4, -0.2) is 15.3 Å². The molecule has 0 N–H and O–H groups in total. The van der Waals surface area contributed by atoms with Crippen molar-refractivity contribution in [2.75, 3.05) is 5.75 Å². The summed E-state index contributed by atoms with van der Waals surface area (Å²) in [5, 5.41) is 0. The van der Waals surface area contributed by atoms with Crippen LogP contribution in [0.5, 0.6) is 0 Å². The molecule has 1 aliphatic carbocycles. The minimum Gasteiger partial charge on any atom is -0.334 e. The van der Waals surface area contributed by atoms with Gasteiger partial charge < -0.3 is 4.57 Å². The van der Waals surface area contributed by atoms with Crippen molar-refractivity contribution in [3.8, 4) is 0 Å². The van der Waals surface area contributed by atoms with E-state index in [-0.39, 0.29) is 0 Å². The first kappa shape index (κ1) is 11.1. The van der Waals surface area contributed by atoms with Gasteiger partial charge in [0.1, 0.15) is 5.82 Å². The Balaban J connectivity index is 2.12. The van der Waals surface area contributed by atoms with Crippen molar-refractivity contribution in [2.45, 2.75) is 45.6 Å². The molecule has 0 radical (unpaired) electrons. The highest BCUT2D eigenvalue weighted by Crippen LogP contribution is 2.40. The molecule has 0 aromatic carbocycles. The largest absolute Gasteiger partial charge is 0.334 e. The van der Waals surface area contributed by atoms with Gasteiger partial charge in [-0.15, -0.1) is 0 Å². The molecule has 0 atom stereocenters. The van der Waals surface area contributed by atoms with Crippen LogP contribution in [0.3, 0.4) is 0 Å². The van der Waals surface area contributed by atoms with Gasteiger partial charge in [0.15, 0.2) is 0 Å². The Hall–Kier alpha value is -0.440. The molecular formula is C12H20N2S. The van der Waals surface area contributed by atoms with Crippen LogP contribution < -0.4 is 0 Å². The molecule has 1 aromatic rings. The SMILES string of the molecule is CCc1nccn1CC1(CS)CCCC1. The first-order valence-electron chi connectivity index (χ1n) is 5.90. The lowest BCUT2D eigenvalue weighted by atomic mass is 9.88. The van der Waals surface area contributed by atoms with Gasteiger partial charge in [0.25, 0.3) is 0 Å². The average Bonchev–Trinajstić information content (AvgIpc) is 2.88. The summed E-state index contributed by atoms with van der Waals surface area (Å²) in [5.41, 5.74) is 0.438. The van der Waals surface area contributed by atoms with E-state index in [1.807, 2.05) is 6.20 Å². The molecular weight excluding hydrogens is 204 g/mol. The summed E-state index contributed by atoms with van der Waals surface area (Å²) in [4.78, 5) is 4.38. The van der Waals surface area contributed by atoms with Crippen LogP contribution in [0.2, 0.25) is 0 Å². The van der Waals surface area contributed by atoms with E-state index in [9.17, 15) is 0 Å². The number of imidazole rings is 1. The van der Waals surface area contributed by atoms with Gasteiger partial charge in [-0.3, -0.25) is 0 Å². The lowest BCUT2D eigenvalue weighted by molar-refractivity contribution is 0.286. The Morgan fingerprint density at radius 1 is 1.47 bits per heavy atom. The molecule has 0 spiro atoms. The minimum absolute atomic E-state index is 0.438. The fraction of sp³-hybridized carbons (Fsp3) is 0.750. The summed E-state index contributed by atoms with van der Waals surface area (Å²) < 4.78 is 2.32. The van der Waals surface area contributed by atoms with Crippen molar-refractivity contribution in [1.82, 2.24) is 9.55 Å². The molecule has 1 saturated carbocycles. The average molecular weight is 224 g/mol. The van der Waals surface area contributed by atoms with E-state index in [4.69, 9.17) is 0 Å². The van der Waals surface area contributed by atoms with Crippen molar-refractivity contribution >= 4 is 12.6 Å². The maximum absolute atomic E-state index is 4.54. The van der Waals surface area contributed by atoms with Crippen molar-refractivity contribution in [1.29, 1.82) is 0 Å². The molecule has 0 amide bonds. The molecule has 0 aliphatic heterocycles. The number of hydrogen-bond acceptors (Lipinski definition) is 2. The highest BCUT2D eigenvalue weighted by Gasteiger charge is 2.33. The zero-order chi connectivity index (χ0) is 10.7. The Morgan fingerprint density at radius 2 is 2.20 bits per heavy atom. The summed E-state index contributed by atoms with van der Waals surface area (Å²) in [5.74, 6) is 2.22. The van der Waals surface area contributed by atoms with Crippen molar-refractivity contribution in [3.05, 3.63) is 18.2 Å². The molecule has 2 rings (SSSR count).